The van der Waals surface area contributed by atoms with Gasteiger partial charge in [-0.2, -0.15) is 0 Å². The van der Waals surface area contributed by atoms with Crippen LogP contribution >= 0.6 is 19.2 Å². The minimum atomic E-state index is -4.37. The molecule has 2 aromatic carbocycles. The first-order valence-electron chi connectivity index (χ1n) is 7.00. The molecule has 0 fully saturated rings. The van der Waals surface area contributed by atoms with Crippen molar-refractivity contribution >= 4 is 24.5 Å². The highest BCUT2D eigenvalue weighted by atomic mass is 35.5. The maximum atomic E-state index is 11.8. The molecule has 0 aliphatic heterocycles. The molecule has 0 aliphatic rings. The van der Waals surface area contributed by atoms with Crippen molar-refractivity contribution in [3.8, 4) is 11.1 Å². The van der Waals surface area contributed by atoms with E-state index >= 15 is 0 Å². The summed E-state index contributed by atoms with van der Waals surface area (Å²) in [4.78, 5) is 19.3. The van der Waals surface area contributed by atoms with E-state index in [2.05, 4.69) is 5.32 Å². The lowest BCUT2D eigenvalue weighted by Crippen LogP contribution is -2.12. The van der Waals surface area contributed by atoms with Gasteiger partial charge in [-0.1, -0.05) is 42.8 Å². The Hall–Kier alpha value is -1.16. The Morgan fingerprint density at radius 3 is 2.41 bits per heavy atom. The Bertz CT molecular complexity index is 682. The third-order valence-electron chi connectivity index (χ3n) is 3.21. The largest absolute Gasteiger partial charge is 0.356 e. The average molecular weight is 339 g/mol. The molecule has 0 bridgehead atoms. The minimum absolute atomic E-state index is 0.0269. The average Bonchev–Trinajstić information content (AvgIpc) is 2.47. The van der Waals surface area contributed by atoms with Crippen molar-refractivity contribution in [1.29, 1.82) is 0 Å². The number of benzene rings is 2. The van der Waals surface area contributed by atoms with Crippen molar-refractivity contribution in [1.82, 2.24) is 5.32 Å². The Morgan fingerprint density at radius 1 is 1.14 bits per heavy atom. The molecular formula is C16H18ClNO3P. The van der Waals surface area contributed by atoms with Gasteiger partial charge < -0.3 is 9.79 Å². The molecule has 117 valence electrons. The first-order chi connectivity index (χ1) is 10.4. The highest BCUT2D eigenvalue weighted by molar-refractivity contribution is 7.60. The Morgan fingerprint density at radius 2 is 1.82 bits per heavy atom. The lowest BCUT2D eigenvalue weighted by atomic mass is 10.0. The van der Waals surface area contributed by atoms with E-state index in [1.165, 1.54) is 0 Å². The second-order valence-electron chi connectivity index (χ2n) is 5.01. The maximum absolute atomic E-state index is 11.8. The summed E-state index contributed by atoms with van der Waals surface area (Å²) in [6, 6.07) is 12.0. The molecule has 0 saturated carbocycles. The van der Waals surface area contributed by atoms with Gasteiger partial charge in [0.15, 0.2) is 0 Å². The van der Waals surface area contributed by atoms with Crippen LogP contribution in [0, 0.1) is 0 Å². The van der Waals surface area contributed by atoms with Crippen molar-refractivity contribution in [3.63, 3.8) is 0 Å². The topological polar surface area (TPSA) is 71.6 Å². The van der Waals surface area contributed by atoms with Gasteiger partial charge in [-0.15, -0.1) is 0 Å². The molecule has 2 N–H and O–H groups in total. The molecule has 1 radical (unpaired) electrons. The van der Waals surface area contributed by atoms with Gasteiger partial charge in [0.05, 0.1) is 5.30 Å². The van der Waals surface area contributed by atoms with Crippen LogP contribution in [0.25, 0.3) is 11.1 Å². The SMILES string of the molecule is CCC[N]Cc1ccc(-c2ccc(Cl)cc2)c(P(=O)(O)O)c1. The van der Waals surface area contributed by atoms with Crippen molar-refractivity contribution in [2.24, 2.45) is 0 Å². The zero-order chi connectivity index (χ0) is 16.2. The molecular weight excluding hydrogens is 321 g/mol. The van der Waals surface area contributed by atoms with Crippen LogP contribution in [0.2, 0.25) is 5.02 Å². The smallest absolute Gasteiger partial charge is 0.321 e. The fourth-order valence-electron chi connectivity index (χ4n) is 2.16. The number of hydrogen-bond donors (Lipinski definition) is 2. The summed E-state index contributed by atoms with van der Waals surface area (Å²) in [6.07, 6.45) is 0.953. The van der Waals surface area contributed by atoms with Gasteiger partial charge in [0.25, 0.3) is 0 Å². The Kier molecular flexibility index (Phi) is 5.79. The molecule has 0 heterocycles. The summed E-state index contributed by atoms with van der Waals surface area (Å²) in [5, 5.41) is 4.93. The standard InChI is InChI=1S/C16H18ClNO3P/c1-2-9-18-11-12-3-8-15(16(10-12)22(19,20)21)13-4-6-14(17)7-5-13/h3-8,10H,2,9,11H2,1H3,(H2,19,20,21). The van der Waals surface area contributed by atoms with Crippen molar-refractivity contribution in [3.05, 3.63) is 53.1 Å². The molecule has 0 atom stereocenters. The number of halogens is 1. The fraction of sp³-hybridized carbons (Fsp3) is 0.250. The molecule has 0 saturated heterocycles. The molecule has 0 aromatic heterocycles. The highest BCUT2D eigenvalue weighted by Crippen LogP contribution is 2.38. The molecule has 22 heavy (non-hydrogen) atoms. The van der Waals surface area contributed by atoms with Crippen molar-refractivity contribution < 1.29 is 14.4 Å². The van der Waals surface area contributed by atoms with Crippen LogP contribution in [-0.2, 0) is 11.1 Å². The fourth-order valence-corrected chi connectivity index (χ4v) is 3.13. The first kappa shape index (κ1) is 17.2. The van der Waals surface area contributed by atoms with Gasteiger partial charge in [-0.25, -0.2) is 5.32 Å². The van der Waals surface area contributed by atoms with E-state index in [1.54, 1.807) is 36.4 Å². The van der Waals surface area contributed by atoms with Gasteiger partial charge in [-0.3, -0.25) is 4.57 Å². The van der Waals surface area contributed by atoms with E-state index in [-0.39, 0.29) is 5.30 Å². The lowest BCUT2D eigenvalue weighted by molar-refractivity contribution is 0.387. The van der Waals surface area contributed by atoms with E-state index in [4.69, 9.17) is 11.6 Å². The first-order valence-corrected chi connectivity index (χ1v) is 8.99. The van der Waals surface area contributed by atoms with Crippen LogP contribution in [0.4, 0.5) is 0 Å². The molecule has 2 rings (SSSR count). The second kappa shape index (κ2) is 7.40. The van der Waals surface area contributed by atoms with Crippen LogP contribution < -0.4 is 10.6 Å². The van der Waals surface area contributed by atoms with Crippen molar-refractivity contribution in [2.45, 2.75) is 19.9 Å². The summed E-state index contributed by atoms with van der Waals surface area (Å²) in [6.45, 7) is 3.24. The monoisotopic (exact) mass is 338 g/mol. The van der Waals surface area contributed by atoms with Crippen molar-refractivity contribution in [2.75, 3.05) is 6.54 Å². The Labute approximate surface area is 135 Å². The van der Waals surface area contributed by atoms with Crippen LogP contribution in [0.1, 0.15) is 18.9 Å². The predicted octanol–water partition coefficient (Wildman–Crippen LogP) is 3.32. The van der Waals surface area contributed by atoms with Crippen LogP contribution in [0.3, 0.4) is 0 Å². The molecule has 4 nitrogen and oxygen atoms in total. The third kappa shape index (κ3) is 4.42. The summed E-state index contributed by atoms with van der Waals surface area (Å²) in [5.74, 6) is 0. The molecule has 0 unspecified atom stereocenters. The van der Waals surface area contributed by atoms with Crippen LogP contribution in [0.5, 0.6) is 0 Å². The molecule has 6 heteroatoms. The Balaban J connectivity index is 2.41. The van der Waals surface area contributed by atoms with Gasteiger partial charge >= 0.3 is 7.60 Å². The predicted molar refractivity (Wildman–Crippen MR) is 89.6 cm³/mol. The quantitative estimate of drug-likeness (QED) is 0.627. The van der Waals surface area contributed by atoms with Gasteiger partial charge in [0.2, 0.25) is 0 Å². The van der Waals surface area contributed by atoms with Crippen LogP contribution in [0.15, 0.2) is 42.5 Å². The number of hydrogen-bond acceptors (Lipinski definition) is 1. The van der Waals surface area contributed by atoms with Gasteiger partial charge in [0, 0.05) is 18.1 Å². The zero-order valence-corrected chi connectivity index (χ0v) is 13.9. The summed E-state index contributed by atoms with van der Waals surface area (Å²) in [7, 11) is -4.37. The molecule has 0 amide bonds. The third-order valence-corrected chi connectivity index (χ3v) is 4.46. The van der Waals surface area contributed by atoms with Gasteiger partial charge in [-0.05, 0) is 41.3 Å². The van der Waals surface area contributed by atoms with E-state index in [0.717, 1.165) is 24.1 Å². The summed E-state index contributed by atoms with van der Waals surface area (Å²) < 4.78 is 11.8. The summed E-state index contributed by atoms with van der Waals surface area (Å²) in [5.41, 5.74) is 2.04. The van der Waals surface area contributed by atoms with E-state index in [9.17, 15) is 14.4 Å². The lowest BCUT2D eigenvalue weighted by Gasteiger charge is -2.13. The normalized spacial score (nSPS) is 11.6. The van der Waals surface area contributed by atoms with E-state index in [0.29, 0.717) is 17.1 Å². The molecule has 2 aromatic rings. The molecule has 0 spiro atoms. The second-order valence-corrected chi connectivity index (χ2v) is 7.01. The van der Waals surface area contributed by atoms with E-state index < -0.39 is 7.60 Å². The number of nitrogens with zero attached hydrogens (tertiary/aromatic N) is 1. The molecule has 0 aliphatic carbocycles. The van der Waals surface area contributed by atoms with Crippen LogP contribution in [-0.4, -0.2) is 16.3 Å². The van der Waals surface area contributed by atoms with Gasteiger partial charge in [0.1, 0.15) is 0 Å². The zero-order valence-electron chi connectivity index (χ0n) is 12.2. The maximum Gasteiger partial charge on any atom is 0.356 e. The van der Waals surface area contributed by atoms with E-state index in [1.807, 2.05) is 13.0 Å². The number of rotatable bonds is 6. The summed E-state index contributed by atoms with van der Waals surface area (Å²) >= 11 is 5.86. The highest BCUT2D eigenvalue weighted by Gasteiger charge is 2.22. The minimum Gasteiger partial charge on any atom is -0.321 e.